The first kappa shape index (κ1) is 19.1. The second-order valence-electron chi connectivity index (χ2n) is 6.96. The Morgan fingerprint density at radius 2 is 1.97 bits per heavy atom. The molecule has 1 aliphatic rings. The molecule has 3 aromatic rings. The minimum atomic E-state index is -0.931. The van der Waals surface area contributed by atoms with Gasteiger partial charge in [0.05, 0.1) is 5.41 Å². The van der Waals surface area contributed by atoms with Gasteiger partial charge in [-0.15, -0.1) is 5.10 Å². The Labute approximate surface area is 165 Å². The largest absolute Gasteiger partial charge is 0.381 e. The number of nitrogens with zero attached hydrogens (tertiary/aromatic N) is 4. The molecular weight excluding hydrogens is 380 g/mol. The average molecular weight is 399 g/mol. The van der Waals surface area contributed by atoms with Crippen LogP contribution in [0.15, 0.2) is 42.5 Å². The van der Waals surface area contributed by atoms with Crippen molar-refractivity contribution in [1.82, 2.24) is 20.2 Å². The standard InChI is InChI=1S/C20H19F2N5O2/c1-13-24-25-26-27(13)18-12-16(5-6-17(18)22)23-19(28)20(7-9-29-10-8-20)14-3-2-4-15(21)11-14/h2-6,11-12H,7-10H2,1H3,(H,23,28). The molecule has 0 bridgehead atoms. The highest BCUT2D eigenvalue weighted by Crippen LogP contribution is 2.36. The van der Waals surface area contributed by atoms with Crippen molar-refractivity contribution in [3.05, 3.63) is 65.5 Å². The molecule has 4 rings (SSSR count). The van der Waals surface area contributed by atoms with Crippen LogP contribution < -0.4 is 5.32 Å². The van der Waals surface area contributed by atoms with Crippen molar-refractivity contribution >= 4 is 11.6 Å². The van der Waals surface area contributed by atoms with Gasteiger partial charge in [-0.3, -0.25) is 4.79 Å². The highest BCUT2D eigenvalue weighted by atomic mass is 19.1. The molecule has 2 aromatic carbocycles. The van der Waals surface area contributed by atoms with E-state index in [1.54, 1.807) is 19.1 Å². The van der Waals surface area contributed by atoms with Gasteiger partial charge in [-0.25, -0.2) is 8.78 Å². The number of aryl methyl sites for hydroxylation is 1. The molecular formula is C20H19F2N5O2. The second kappa shape index (κ2) is 7.67. The Morgan fingerprint density at radius 3 is 2.66 bits per heavy atom. The number of rotatable bonds is 4. The van der Waals surface area contributed by atoms with E-state index in [4.69, 9.17) is 4.74 Å². The first-order valence-corrected chi connectivity index (χ1v) is 9.20. The third kappa shape index (κ3) is 3.61. The molecule has 1 N–H and O–H groups in total. The SMILES string of the molecule is Cc1nnnn1-c1cc(NC(=O)C2(c3cccc(F)c3)CCOCC2)ccc1F. The number of tetrazole rings is 1. The molecule has 1 aromatic heterocycles. The predicted octanol–water partition coefficient (Wildman–Crippen LogP) is 2.94. The van der Waals surface area contributed by atoms with Crippen molar-refractivity contribution in [2.75, 3.05) is 18.5 Å². The van der Waals surface area contributed by atoms with Gasteiger partial charge in [0.25, 0.3) is 0 Å². The van der Waals surface area contributed by atoms with Crippen LogP contribution in [0.2, 0.25) is 0 Å². The number of amides is 1. The van der Waals surface area contributed by atoms with Crippen LogP contribution in [0, 0.1) is 18.6 Å². The van der Waals surface area contributed by atoms with Crippen molar-refractivity contribution in [1.29, 1.82) is 0 Å². The van der Waals surface area contributed by atoms with Gasteiger partial charge in [0, 0.05) is 18.9 Å². The summed E-state index contributed by atoms with van der Waals surface area (Å²) < 4.78 is 34.8. The van der Waals surface area contributed by atoms with Gasteiger partial charge in [-0.2, -0.15) is 4.68 Å². The summed E-state index contributed by atoms with van der Waals surface area (Å²) in [6.45, 7) is 2.43. The van der Waals surface area contributed by atoms with Crippen molar-refractivity contribution in [3.8, 4) is 5.69 Å². The summed E-state index contributed by atoms with van der Waals surface area (Å²) in [6, 6.07) is 10.2. The monoisotopic (exact) mass is 399 g/mol. The van der Waals surface area contributed by atoms with E-state index in [2.05, 4.69) is 20.8 Å². The summed E-state index contributed by atoms with van der Waals surface area (Å²) in [4.78, 5) is 13.3. The molecule has 1 aliphatic heterocycles. The number of nitrogens with one attached hydrogen (secondary N) is 1. The highest BCUT2D eigenvalue weighted by Gasteiger charge is 2.42. The zero-order valence-corrected chi connectivity index (χ0v) is 15.7. The van der Waals surface area contributed by atoms with Crippen LogP contribution >= 0.6 is 0 Å². The Bertz CT molecular complexity index is 1050. The number of carbonyl (C=O) groups is 1. The topological polar surface area (TPSA) is 81.9 Å². The van der Waals surface area contributed by atoms with Gasteiger partial charge in [-0.05, 0) is 66.1 Å². The minimum Gasteiger partial charge on any atom is -0.381 e. The number of carbonyl (C=O) groups excluding carboxylic acids is 1. The fourth-order valence-electron chi connectivity index (χ4n) is 3.61. The molecule has 0 aliphatic carbocycles. The lowest BCUT2D eigenvalue weighted by Gasteiger charge is -2.36. The van der Waals surface area contributed by atoms with Crippen molar-refractivity contribution in [3.63, 3.8) is 0 Å². The Balaban J connectivity index is 1.68. The van der Waals surface area contributed by atoms with Gasteiger partial charge in [0.15, 0.2) is 5.82 Å². The molecule has 0 radical (unpaired) electrons. The number of anilines is 1. The van der Waals surface area contributed by atoms with Gasteiger partial charge in [-0.1, -0.05) is 12.1 Å². The Hall–Kier alpha value is -3.20. The fraction of sp³-hybridized carbons (Fsp3) is 0.300. The van der Waals surface area contributed by atoms with E-state index < -0.39 is 17.0 Å². The lowest BCUT2D eigenvalue weighted by molar-refractivity contribution is -0.125. The molecule has 2 heterocycles. The van der Waals surface area contributed by atoms with Crippen LogP contribution in [-0.4, -0.2) is 39.3 Å². The van der Waals surface area contributed by atoms with Crippen LogP contribution in [0.4, 0.5) is 14.5 Å². The van der Waals surface area contributed by atoms with E-state index in [1.807, 2.05) is 0 Å². The lowest BCUT2D eigenvalue weighted by Crippen LogP contribution is -2.45. The molecule has 0 unspecified atom stereocenters. The van der Waals surface area contributed by atoms with E-state index in [1.165, 1.54) is 35.0 Å². The number of hydrogen-bond acceptors (Lipinski definition) is 5. The predicted molar refractivity (Wildman–Crippen MR) is 101 cm³/mol. The van der Waals surface area contributed by atoms with Crippen molar-refractivity contribution in [2.24, 2.45) is 0 Å². The molecule has 0 atom stereocenters. The maximum atomic E-state index is 14.3. The Morgan fingerprint density at radius 1 is 1.17 bits per heavy atom. The maximum absolute atomic E-state index is 14.3. The first-order valence-electron chi connectivity index (χ1n) is 9.20. The number of ether oxygens (including phenoxy) is 1. The van der Waals surface area contributed by atoms with E-state index >= 15 is 0 Å². The van der Waals surface area contributed by atoms with Crippen LogP contribution in [-0.2, 0) is 14.9 Å². The fourth-order valence-corrected chi connectivity index (χ4v) is 3.61. The molecule has 9 heteroatoms. The van der Waals surface area contributed by atoms with Crippen molar-refractivity contribution in [2.45, 2.75) is 25.2 Å². The average Bonchev–Trinajstić information content (AvgIpc) is 3.15. The molecule has 29 heavy (non-hydrogen) atoms. The van der Waals surface area contributed by atoms with E-state index in [0.29, 0.717) is 43.1 Å². The van der Waals surface area contributed by atoms with E-state index in [-0.39, 0.29) is 11.6 Å². The molecule has 7 nitrogen and oxygen atoms in total. The summed E-state index contributed by atoms with van der Waals surface area (Å²) >= 11 is 0. The molecule has 150 valence electrons. The zero-order valence-electron chi connectivity index (χ0n) is 15.7. The van der Waals surface area contributed by atoms with Gasteiger partial charge < -0.3 is 10.1 Å². The maximum Gasteiger partial charge on any atom is 0.235 e. The first-order chi connectivity index (χ1) is 14.0. The van der Waals surface area contributed by atoms with Gasteiger partial charge >= 0.3 is 0 Å². The third-order valence-electron chi connectivity index (χ3n) is 5.22. The molecule has 0 saturated carbocycles. The van der Waals surface area contributed by atoms with Crippen LogP contribution in [0.3, 0.4) is 0 Å². The number of halogens is 2. The van der Waals surface area contributed by atoms with Crippen molar-refractivity contribution < 1.29 is 18.3 Å². The Kier molecular flexibility index (Phi) is 5.06. The number of hydrogen-bond donors (Lipinski definition) is 1. The quantitative estimate of drug-likeness (QED) is 0.730. The summed E-state index contributed by atoms with van der Waals surface area (Å²) in [5, 5.41) is 13.9. The molecule has 1 saturated heterocycles. The number of benzene rings is 2. The van der Waals surface area contributed by atoms with Crippen LogP contribution in [0.1, 0.15) is 24.2 Å². The van der Waals surface area contributed by atoms with E-state index in [9.17, 15) is 13.6 Å². The second-order valence-corrected chi connectivity index (χ2v) is 6.96. The highest BCUT2D eigenvalue weighted by molar-refractivity contribution is 5.99. The normalized spacial score (nSPS) is 15.8. The summed E-state index contributed by atoms with van der Waals surface area (Å²) in [6.07, 6.45) is 0.838. The molecule has 1 fully saturated rings. The summed E-state index contributed by atoms with van der Waals surface area (Å²) in [5.41, 5.74) is 0.178. The smallest absolute Gasteiger partial charge is 0.235 e. The van der Waals surface area contributed by atoms with Gasteiger partial charge in [0.1, 0.15) is 17.3 Å². The van der Waals surface area contributed by atoms with Crippen LogP contribution in [0.5, 0.6) is 0 Å². The summed E-state index contributed by atoms with van der Waals surface area (Å²) in [5.74, 6) is -0.811. The molecule has 0 spiro atoms. The number of aromatic nitrogens is 4. The van der Waals surface area contributed by atoms with E-state index in [0.717, 1.165) is 0 Å². The third-order valence-corrected chi connectivity index (χ3v) is 5.22. The van der Waals surface area contributed by atoms with Crippen LogP contribution in [0.25, 0.3) is 5.69 Å². The summed E-state index contributed by atoms with van der Waals surface area (Å²) in [7, 11) is 0. The molecule has 1 amide bonds. The van der Waals surface area contributed by atoms with Gasteiger partial charge in [0.2, 0.25) is 5.91 Å². The zero-order chi connectivity index (χ0) is 20.4. The lowest BCUT2D eigenvalue weighted by atomic mass is 9.73. The minimum absolute atomic E-state index is 0.122.